The van der Waals surface area contributed by atoms with E-state index in [-0.39, 0.29) is 18.1 Å². The van der Waals surface area contributed by atoms with Crippen molar-refractivity contribution in [2.45, 2.75) is 37.6 Å². The first kappa shape index (κ1) is 20.6. The smallest absolute Gasteiger partial charge is 0.230 e. The summed E-state index contributed by atoms with van der Waals surface area (Å²) in [5, 5.41) is 3.76. The van der Waals surface area contributed by atoms with E-state index in [2.05, 4.69) is 24.1 Å². The van der Waals surface area contributed by atoms with Crippen LogP contribution in [0.5, 0.6) is 0 Å². The summed E-state index contributed by atoms with van der Waals surface area (Å²) in [6.07, 6.45) is 0.239. The molecule has 1 saturated heterocycles. The molecule has 0 aliphatic carbocycles. The van der Waals surface area contributed by atoms with Gasteiger partial charge < -0.3 is 15.0 Å². The van der Waals surface area contributed by atoms with Crippen LogP contribution in [0.2, 0.25) is 0 Å². The third-order valence-electron chi connectivity index (χ3n) is 4.91. The zero-order valence-electron chi connectivity index (χ0n) is 17.2. The summed E-state index contributed by atoms with van der Waals surface area (Å²) >= 11 is 1.43. The molecule has 0 spiro atoms. The Balaban J connectivity index is 1.50. The number of fused-ring (bicyclic) bond motifs is 1. The monoisotopic (exact) mass is 422 g/mol. The van der Waals surface area contributed by atoms with Gasteiger partial charge in [-0.2, -0.15) is 0 Å². The van der Waals surface area contributed by atoms with Crippen LogP contribution in [0, 0.1) is 0 Å². The van der Waals surface area contributed by atoms with E-state index in [1.54, 1.807) is 0 Å². The van der Waals surface area contributed by atoms with E-state index in [0.717, 1.165) is 40.5 Å². The molecular formula is C23H26N4O2S. The summed E-state index contributed by atoms with van der Waals surface area (Å²) in [4.78, 5) is 24.4. The van der Waals surface area contributed by atoms with E-state index < -0.39 is 0 Å². The number of hydrogen-bond donors (Lipinski definition) is 1. The van der Waals surface area contributed by atoms with Crippen LogP contribution in [-0.4, -0.2) is 46.9 Å². The fourth-order valence-corrected chi connectivity index (χ4v) is 4.45. The first-order valence-corrected chi connectivity index (χ1v) is 11.2. The SMILES string of the molecule is C[C@H]1CN(c2nc3ccccc3nc2SCC(=O)NCc2ccccc2)C[C@H](C)O1. The van der Waals surface area contributed by atoms with Crippen molar-refractivity contribution < 1.29 is 9.53 Å². The Kier molecular flexibility index (Phi) is 6.50. The molecule has 1 aromatic heterocycles. The largest absolute Gasteiger partial charge is 0.372 e. The van der Waals surface area contributed by atoms with Gasteiger partial charge >= 0.3 is 0 Å². The van der Waals surface area contributed by atoms with Gasteiger partial charge in [-0.3, -0.25) is 4.79 Å². The third-order valence-corrected chi connectivity index (χ3v) is 5.87. The highest BCUT2D eigenvalue weighted by Crippen LogP contribution is 2.30. The minimum atomic E-state index is -0.0199. The van der Waals surface area contributed by atoms with Crippen molar-refractivity contribution in [2.24, 2.45) is 0 Å². The van der Waals surface area contributed by atoms with Gasteiger partial charge in [-0.1, -0.05) is 54.2 Å². The van der Waals surface area contributed by atoms with Gasteiger partial charge in [0.15, 0.2) is 5.82 Å². The molecule has 1 amide bonds. The van der Waals surface area contributed by atoms with E-state index >= 15 is 0 Å². The summed E-state index contributed by atoms with van der Waals surface area (Å²) < 4.78 is 5.88. The van der Waals surface area contributed by atoms with Gasteiger partial charge in [0, 0.05) is 19.6 Å². The molecule has 0 radical (unpaired) electrons. The summed E-state index contributed by atoms with van der Waals surface area (Å²) in [7, 11) is 0. The predicted octanol–water partition coefficient (Wildman–Crippen LogP) is 3.65. The fraction of sp³-hybridized carbons (Fsp3) is 0.348. The van der Waals surface area contributed by atoms with E-state index in [9.17, 15) is 4.79 Å². The number of carbonyl (C=O) groups is 1. The van der Waals surface area contributed by atoms with Crippen molar-refractivity contribution in [3.63, 3.8) is 0 Å². The van der Waals surface area contributed by atoms with Gasteiger partial charge in [-0.05, 0) is 31.5 Å². The maximum Gasteiger partial charge on any atom is 0.230 e. The number of morpholine rings is 1. The van der Waals surface area contributed by atoms with Gasteiger partial charge in [0.2, 0.25) is 5.91 Å². The molecule has 2 atom stereocenters. The number of benzene rings is 2. The molecule has 1 N–H and O–H groups in total. The zero-order chi connectivity index (χ0) is 20.9. The van der Waals surface area contributed by atoms with Crippen LogP contribution in [0.4, 0.5) is 5.82 Å². The van der Waals surface area contributed by atoms with Crippen molar-refractivity contribution in [1.29, 1.82) is 0 Å². The standard InChI is InChI=1S/C23H26N4O2S/c1-16-13-27(14-17(2)29-16)22-23(26-20-11-7-6-10-19(20)25-22)30-15-21(28)24-12-18-8-4-3-5-9-18/h3-11,16-17H,12-15H2,1-2H3,(H,24,28)/t16-,17-/m0/s1. The van der Waals surface area contributed by atoms with Crippen LogP contribution in [0.15, 0.2) is 59.6 Å². The molecule has 1 aliphatic heterocycles. The molecule has 6 nitrogen and oxygen atoms in total. The van der Waals surface area contributed by atoms with Crippen LogP contribution >= 0.6 is 11.8 Å². The molecule has 0 unspecified atom stereocenters. The molecule has 3 aromatic rings. The lowest BCUT2D eigenvalue weighted by molar-refractivity contribution is -0.118. The van der Waals surface area contributed by atoms with E-state index in [4.69, 9.17) is 14.7 Å². The Morgan fingerprint density at radius 3 is 2.37 bits per heavy atom. The Morgan fingerprint density at radius 1 is 1.03 bits per heavy atom. The number of nitrogens with one attached hydrogen (secondary N) is 1. The highest BCUT2D eigenvalue weighted by molar-refractivity contribution is 8.00. The molecule has 2 aromatic carbocycles. The lowest BCUT2D eigenvalue weighted by atomic mass is 10.2. The highest BCUT2D eigenvalue weighted by Gasteiger charge is 2.26. The van der Waals surface area contributed by atoms with Crippen LogP contribution < -0.4 is 10.2 Å². The van der Waals surface area contributed by atoms with Crippen molar-refractivity contribution in [3.8, 4) is 0 Å². The Bertz CT molecular complexity index is 1000. The quantitative estimate of drug-likeness (QED) is 0.612. The van der Waals surface area contributed by atoms with E-state index in [0.29, 0.717) is 12.3 Å². The number of rotatable bonds is 6. The molecule has 156 valence electrons. The first-order valence-electron chi connectivity index (χ1n) is 10.2. The lowest BCUT2D eigenvalue weighted by Gasteiger charge is -2.36. The number of ether oxygens (including phenoxy) is 1. The number of hydrogen-bond acceptors (Lipinski definition) is 6. The van der Waals surface area contributed by atoms with Gasteiger partial charge in [-0.15, -0.1) is 0 Å². The maximum absolute atomic E-state index is 12.4. The zero-order valence-corrected chi connectivity index (χ0v) is 18.1. The predicted molar refractivity (Wildman–Crippen MR) is 121 cm³/mol. The Hall–Kier alpha value is -2.64. The second kappa shape index (κ2) is 9.45. The van der Waals surface area contributed by atoms with Crippen molar-refractivity contribution in [3.05, 3.63) is 60.2 Å². The number of aromatic nitrogens is 2. The number of amides is 1. The molecular weight excluding hydrogens is 396 g/mol. The van der Waals surface area contributed by atoms with Crippen molar-refractivity contribution in [1.82, 2.24) is 15.3 Å². The van der Waals surface area contributed by atoms with Gasteiger partial charge in [0.05, 0.1) is 29.0 Å². The average molecular weight is 423 g/mol. The van der Waals surface area contributed by atoms with Crippen LogP contribution in [0.25, 0.3) is 11.0 Å². The number of nitrogens with zero attached hydrogens (tertiary/aromatic N) is 3. The normalized spacial score (nSPS) is 19.1. The summed E-state index contributed by atoms with van der Waals surface area (Å²) in [5.74, 6) is 1.10. The molecule has 1 fully saturated rings. The van der Waals surface area contributed by atoms with Crippen LogP contribution in [-0.2, 0) is 16.1 Å². The average Bonchev–Trinajstić information content (AvgIpc) is 2.75. The van der Waals surface area contributed by atoms with Crippen molar-refractivity contribution >= 4 is 34.5 Å². The molecule has 2 heterocycles. The Labute approximate surface area is 181 Å². The van der Waals surface area contributed by atoms with Gasteiger partial charge in [-0.25, -0.2) is 9.97 Å². The number of thioether (sulfide) groups is 1. The second-order valence-electron chi connectivity index (χ2n) is 7.55. The fourth-order valence-electron chi connectivity index (χ4n) is 3.61. The first-order chi connectivity index (χ1) is 14.6. The molecule has 4 rings (SSSR count). The summed E-state index contributed by atoms with van der Waals surface area (Å²) in [5.41, 5.74) is 2.78. The van der Waals surface area contributed by atoms with Gasteiger partial charge in [0.1, 0.15) is 5.03 Å². The third kappa shape index (κ3) is 5.09. The second-order valence-corrected chi connectivity index (χ2v) is 8.52. The minimum Gasteiger partial charge on any atom is -0.372 e. The molecule has 30 heavy (non-hydrogen) atoms. The van der Waals surface area contributed by atoms with Crippen LogP contribution in [0.3, 0.4) is 0 Å². The maximum atomic E-state index is 12.4. The summed E-state index contributed by atoms with van der Waals surface area (Å²) in [6.45, 7) is 6.17. The minimum absolute atomic E-state index is 0.0199. The number of carbonyl (C=O) groups excluding carboxylic acids is 1. The van der Waals surface area contributed by atoms with E-state index in [1.165, 1.54) is 11.8 Å². The molecule has 1 aliphatic rings. The lowest BCUT2D eigenvalue weighted by Crippen LogP contribution is -2.46. The number of para-hydroxylation sites is 2. The molecule has 0 saturated carbocycles. The van der Waals surface area contributed by atoms with E-state index in [1.807, 2.05) is 54.6 Å². The summed E-state index contributed by atoms with van der Waals surface area (Å²) in [6, 6.07) is 17.8. The van der Waals surface area contributed by atoms with Gasteiger partial charge in [0.25, 0.3) is 0 Å². The van der Waals surface area contributed by atoms with Crippen LogP contribution in [0.1, 0.15) is 19.4 Å². The topological polar surface area (TPSA) is 67.4 Å². The molecule has 0 bridgehead atoms. The Morgan fingerprint density at radius 2 is 1.67 bits per heavy atom. The number of anilines is 1. The molecule has 7 heteroatoms. The highest BCUT2D eigenvalue weighted by atomic mass is 32.2. The van der Waals surface area contributed by atoms with Crippen molar-refractivity contribution in [2.75, 3.05) is 23.7 Å².